The molecule has 12 heteroatoms. The number of aromatic nitrogens is 4. The second-order valence-corrected chi connectivity index (χ2v) is 10.6. The predicted molar refractivity (Wildman–Crippen MR) is 121 cm³/mol. The number of morpholine rings is 1. The van der Waals surface area contributed by atoms with Crippen molar-refractivity contribution >= 4 is 27.7 Å². The highest BCUT2D eigenvalue weighted by atomic mass is 32.2. The van der Waals surface area contributed by atoms with Crippen molar-refractivity contribution in [2.75, 3.05) is 61.7 Å². The lowest BCUT2D eigenvalue weighted by Gasteiger charge is -2.45. The second-order valence-electron chi connectivity index (χ2n) is 8.61. The molecule has 0 radical (unpaired) electrons. The Morgan fingerprint density at radius 2 is 1.81 bits per heavy atom. The summed E-state index contributed by atoms with van der Waals surface area (Å²) in [6.45, 7) is 3.60. The highest BCUT2D eigenvalue weighted by molar-refractivity contribution is 7.88. The molecule has 0 bridgehead atoms. The Hall–Kier alpha value is -2.57. The first-order valence-corrected chi connectivity index (χ1v) is 12.7. The van der Waals surface area contributed by atoms with Gasteiger partial charge in [0, 0.05) is 62.3 Å². The van der Waals surface area contributed by atoms with Crippen molar-refractivity contribution in [3.63, 3.8) is 0 Å². The molecule has 172 valence electrons. The van der Waals surface area contributed by atoms with Crippen molar-refractivity contribution in [3.8, 4) is 11.3 Å². The number of nitrogen functional groups attached to an aromatic ring is 1. The fourth-order valence-corrected chi connectivity index (χ4v) is 5.32. The van der Waals surface area contributed by atoms with Gasteiger partial charge in [0.05, 0.1) is 25.2 Å². The number of nitrogens with two attached hydrogens (primary N) is 1. The molecule has 2 fully saturated rings. The second kappa shape index (κ2) is 8.09. The van der Waals surface area contributed by atoms with E-state index in [0.717, 1.165) is 61.5 Å². The molecule has 1 saturated heterocycles. The first kappa shape index (κ1) is 21.3. The Balaban J connectivity index is 1.47. The molecule has 4 heterocycles. The predicted octanol–water partition coefficient (Wildman–Crippen LogP) is 0.137. The van der Waals surface area contributed by atoms with Crippen LogP contribution in [0.25, 0.3) is 11.3 Å². The molecular formula is C20H28N8O3S. The molecule has 0 unspecified atom stereocenters. The van der Waals surface area contributed by atoms with Gasteiger partial charge < -0.3 is 20.3 Å². The lowest BCUT2D eigenvalue weighted by atomic mass is 9.86. The van der Waals surface area contributed by atoms with Gasteiger partial charge in [-0.05, 0) is 19.3 Å². The highest BCUT2D eigenvalue weighted by Crippen LogP contribution is 2.41. The number of fused-ring (bicyclic) bond motifs is 1. The Bertz CT molecular complexity index is 1100. The van der Waals surface area contributed by atoms with Crippen LogP contribution in [0.2, 0.25) is 0 Å². The fourth-order valence-electron chi connectivity index (χ4n) is 4.61. The van der Waals surface area contributed by atoms with Crippen LogP contribution in [0.5, 0.6) is 0 Å². The molecule has 2 aromatic heterocycles. The van der Waals surface area contributed by atoms with Crippen molar-refractivity contribution < 1.29 is 13.2 Å². The minimum Gasteiger partial charge on any atom is -0.378 e. The Morgan fingerprint density at radius 3 is 2.47 bits per heavy atom. The van der Waals surface area contributed by atoms with Crippen LogP contribution in [0.1, 0.15) is 18.4 Å². The third-order valence-corrected chi connectivity index (χ3v) is 8.00. The van der Waals surface area contributed by atoms with Gasteiger partial charge in [-0.2, -0.15) is 4.98 Å². The van der Waals surface area contributed by atoms with Crippen LogP contribution in [-0.4, -0.2) is 90.9 Å². The highest BCUT2D eigenvalue weighted by Gasteiger charge is 2.42. The maximum Gasteiger partial charge on any atom is 0.228 e. The summed E-state index contributed by atoms with van der Waals surface area (Å²) in [5, 5.41) is 0. The van der Waals surface area contributed by atoms with Crippen LogP contribution in [0.3, 0.4) is 0 Å². The molecule has 2 N–H and O–H groups in total. The molecule has 2 aliphatic heterocycles. The van der Waals surface area contributed by atoms with E-state index in [0.29, 0.717) is 19.2 Å². The molecule has 1 saturated carbocycles. The minimum atomic E-state index is -3.19. The standard InChI is InChI=1S/C20H28N8O3S/c1-26(32(2,29)30)14-9-15(10-14)28-4-3-16-17(13-11-22-19(21)23-12-13)24-20(25-18(16)28)27-5-7-31-8-6-27/h11-12,14-15H,3-10H2,1-2H3,(H2,21,22,23). The number of hydrogen-bond donors (Lipinski definition) is 1. The number of anilines is 3. The molecule has 0 amide bonds. The quantitative estimate of drug-likeness (QED) is 0.657. The van der Waals surface area contributed by atoms with Gasteiger partial charge >= 0.3 is 0 Å². The summed E-state index contributed by atoms with van der Waals surface area (Å²) >= 11 is 0. The van der Waals surface area contributed by atoms with E-state index in [2.05, 4.69) is 19.8 Å². The normalized spacial score (nSPS) is 23.3. The molecular weight excluding hydrogens is 432 g/mol. The molecule has 1 aliphatic carbocycles. The van der Waals surface area contributed by atoms with Gasteiger partial charge in [0.1, 0.15) is 5.82 Å². The lowest BCUT2D eigenvalue weighted by Crippen LogP contribution is -2.54. The zero-order valence-electron chi connectivity index (χ0n) is 18.3. The number of ether oxygens (including phenoxy) is 1. The van der Waals surface area contributed by atoms with Gasteiger partial charge in [0.15, 0.2) is 0 Å². The van der Waals surface area contributed by atoms with E-state index < -0.39 is 10.0 Å². The van der Waals surface area contributed by atoms with Gasteiger partial charge in [-0.25, -0.2) is 27.7 Å². The number of sulfonamides is 1. The SMILES string of the molecule is CN(C1CC(N2CCc3c(-c4cnc(N)nc4)nc(N4CCOCC4)nc32)C1)S(C)(=O)=O. The van der Waals surface area contributed by atoms with Gasteiger partial charge in [-0.15, -0.1) is 0 Å². The van der Waals surface area contributed by atoms with Crippen molar-refractivity contribution in [1.29, 1.82) is 0 Å². The molecule has 3 aliphatic rings. The van der Waals surface area contributed by atoms with Gasteiger partial charge in [0.25, 0.3) is 0 Å². The zero-order valence-corrected chi connectivity index (χ0v) is 19.1. The van der Waals surface area contributed by atoms with E-state index >= 15 is 0 Å². The summed E-state index contributed by atoms with van der Waals surface area (Å²) in [5.41, 5.74) is 8.42. The molecule has 32 heavy (non-hydrogen) atoms. The third-order valence-electron chi connectivity index (χ3n) is 6.65. The summed E-state index contributed by atoms with van der Waals surface area (Å²) < 4.78 is 30.8. The average Bonchev–Trinajstić information content (AvgIpc) is 3.16. The topological polar surface area (TPSA) is 131 Å². The Morgan fingerprint density at radius 1 is 1.12 bits per heavy atom. The van der Waals surface area contributed by atoms with Gasteiger partial charge in [-0.3, -0.25) is 0 Å². The zero-order chi connectivity index (χ0) is 22.5. The van der Waals surface area contributed by atoms with E-state index in [1.807, 2.05) is 0 Å². The molecule has 0 spiro atoms. The summed E-state index contributed by atoms with van der Waals surface area (Å²) in [5.74, 6) is 1.83. The number of rotatable bonds is 5. The molecule has 5 rings (SSSR count). The fraction of sp³-hybridized carbons (Fsp3) is 0.600. The third kappa shape index (κ3) is 3.86. The number of nitrogens with zero attached hydrogens (tertiary/aromatic N) is 7. The first-order valence-electron chi connectivity index (χ1n) is 10.8. The smallest absolute Gasteiger partial charge is 0.228 e. The van der Waals surface area contributed by atoms with Crippen LogP contribution >= 0.6 is 0 Å². The largest absolute Gasteiger partial charge is 0.378 e. The molecule has 11 nitrogen and oxygen atoms in total. The molecule has 0 atom stereocenters. The minimum absolute atomic E-state index is 0.0320. The summed E-state index contributed by atoms with van der Waals surface area (Å²) in [7, 11) is -1.53. The van der Waals surface area contributed by atoms with Crippen LogP contribution in [-0.2, 0) is 21.2 Å². The summed E-state index contributed by atoms with van der Waals surface area (Å²) in [4.78, 5) is 22.6. The average molecular weight is 461 g/mol. The van der Waals surface area contributed by atoms with E-state index in [9.17, 15) is 8.42 Å². The Labute approximate surface area is 187 Å². The summed E-state index contributed by atoms with van der Waals surface area (Å²) in [6.07, 6.45) is 7.07. The maximum absolute atomic E-state index is 11.9. The lowest BCUT2D eigenvalue weighted by molar-refractivity contribution is 0.122. The van der Waals surface area contributed by atoms with Crippen molar-refractivity contribution in [3.05, 3.63) is 18.0 Å². The monoisotopic (exact) mass is 460 g/mol. The van der Waals surface area contributed by atoms with Gasteiger partial charge in [-0.1, -0.05) is 0 Å². The van der Waals surface area contributed by atoms with E-state index in [4.69, 9.17) is 20.4 Å². The molecule has 2 aromatic rings. The Kier molecular flexibility index (Phi) is 5.38. The van der Waals surface area contributed by atoms with E-state index in [1.165, 1.54) is 10.6 Å². The van der Waals surface area contributed by atoms with Crippen molar-refractivity contribution in [2.24, 2.45) is 0 Å². The van der Waals surface area contributed by atoms with Crippen LogP contribution in [0.15, 0.2) is 12.4 Å². The van der Waals surface area contributed by atoms with Crippen molar-refractivity contribution in [2.45, 2.75) is 31.3 Å². The van der Waals surface area contributed by atoms with Crippen LogP contribution < -0.4 is 15.5 Å². The van der Waals surface area contributed by atoms with Crippen molar-refractivity contribution in [1.82, 2.24) is 24.2 Å². The number of hydrogen-bond acceptors (Lipinski definition) is 10. The van der Waals surface area contributed by atoms with Crippen LogP contribution in [0, 0.1) is 0 Å². The van der Waals surface area contributed by atoms with E-state index in [1.54, 1.807) is 19.4 Å². The van der Waals surface area contributed by atoms with Crippen LogP contribution in [0.4, 0.5) is 17.7 Å². The molecule has 0 aromatic carbocycles. The maximum atomic E-state index is 11.9. The first-order chi connectivity index (χ1) is 15.3. The summed E-state index contributed by atoms with van der Waals surface area (Å²) in [6, 6.07) is 0.290. The van der Waals surface area contributed by atoms with E-state index in [-0.39, 0.29) is 18.0 Å². The van der Waals surface area contributed by atoms with Gasteiger partial charge in [0.2, 0.25) is 21.9 Å².